The molecule has 1 saturated heterocycles. The van der Waals surface area contributed by atoms with Crippen molar-refractivity contribution in [2.75, 3.05) is 13.6 Å². The van der Waals surface area contributed by atoms with E-state index in [4.69, 9.17) is 0 Å². The molecule has 1 fully saturated rings. The van der Waals surface area contributed by atoms with Gasteiger partial charge in [0, 0.05) is 18.1 Å². The lowest BCUT2D eigenvalue weighted by Crippen LogP contribution is -2.44. The Bertz CT molecular complexity index is 636. The minimum Gasteiger partial charge on any atom is -0.358 e. The number of carbonyl (C=O) groups is 1. The second kappa shape index (κ2) is 5.79. The van der Waals surface area contributed by atoms with Crippen LogP contribution in [0.5, 0.6) is 0 Å². The van der Waals surface area contributed by atoms with Crippen LogP contribution >= 0.6 is 15.9 Å². The van der Waals surface area contributed by atoms with Crippen LogP contribution in [0.4, 0.5) is 4.39 Å². The molecule has 110 valence electrons. The molecule has 1 amide bonds. The fourth-order valence-electron chi connectivity index (χ4n) is 2.27. The van der Waals surface area contributed by atoms with Gasteiger partial charge in [-0.3, -0.25) is 4.79 Å². The second-order valence-electron chi connectivity index (χ2n) is 4.46. The number of carbonyl (C=O) groups excluding carboxylic acids is 1. The third-order valence-electron chi connectivity index (χ3n) is 3.23. The average molecular weight is 365 g/mol. The Balaban J connectivity index is 2.41. The van der Waals surface area contributed by atoms with Crippen molar-refractivity contribution in [2.24, 2.45) is 0 Å². The first-order chi connectivity index (χ1) is 9.37. The van der Waals surface area contributed by atoms with Gasteiger partial charge in [0.15, 0.2) is 0 Å². The van der Waals surface area contributed by atoms with Gasteiger partial charge in [0.25, 0.3) is 0 Å². The fraction of sp³-hybridized carbons (Fsp3) is 0.417. The van der Waals surface area contributed by atoms with E-state index in [1.165, 1.54) is 17.4 Å². The summed E-state index contributed by atoms with van der Waals surface area (Å²) in [6.07, 6.45) is 1.11. The lowest BCUT2D eigenvalue weighted by Gasteiger charge is -2.23. The molecule has 2 rings (SSSR count). The zero-order valence-electron chi connectivity index (χ0n) is 10.8. The highest BCUT2D eigenvalue weighted by atomic mass is 79.9. The van der Waals surface area contributed by atoms with E-state index in [1.807, 2.05) is 0 Å². The van der Waals surface area contributed by atoms with Crippen molar-refractivity contribution in [1.82, 2.24) is 9.62 Å². The first-order valence-electron chi connectivity index (χ1n) is 6.06. The van der Waals surface area contributed by atoms with Crippen LogP contribution in [0.15, 0.2) is 27.6 Å². The molecule has 0 aromatic heterocycles. The van der Waals surface area contributed by atoms with E-state index >= 15 is 0 Å². The third-order valence-corrected chi connectivity index (χ3v) is 6.12. The molecule has 8 heteroatoms. The van der Waals surface area contributed by atoms with Crippen LogP contribution in [0.1, 0.15) is 12.8 Å². The molecule has 0 bridgehead atoms. The number of hydrogen-bond donors (Lipinski definition) is 1. The largest absolute Gasteiger partial charge is 0.358 e. The summed E-state index contributed by atoms with van der Waals surface area (Å²) in [5.74, 6) is -0.857. The maximum absolute atomic E-state index is 13.1. The summed E-state index contributed by atoms with van der Waals surface area (Å²) in [4.78, 5) is 11.7. The third kappa shape index (κ3) is 2.72. The van der Waals surface area contributed by atoms with Crippen LogP contribution in [-0.4, -0.2) is 38.3 Å². The highest BCUT2D eigenvalue weighted by Gasteiger charge is 2.39. The molecule has 1 atom stereocenters. The standard InChI is InChI=1S/C12H14BrFN2O3S/c1-15-12(17)10-3-2-6-16(10)20(18,19)11-5-4-8(14)7-9(11)13/h4-5,7,10H,2-3,6H2,1H3,(H,15,17). The summed E-state index contributed by atoms with van der Waals surface area (Å²) >= 11 is 3.06. The van der Waals surface area contributed by atoms with Crippen LogP contribution in [0, 0.1) is 5.82 Å². The Hall–Kier alpha value is -0.990. The Kier molecular flexibility index (Phi) is 4.46. The first-order valence-corrected chi connectivity index (χ1v) is 8.29. The molecule has 1 aliphatic rings. The number of halogens is 2. The molecule has 1 aliphatic heterocycles. The molecule has 0 radical (unpaired) electrons. The van der Waals surface area contributed by atoms with Crippen LogP contribution in [0.2, 0.25) is 0 Å². The zero-order chi connectivity index (χ0) is 14.9. The van der Waals surface area contributed by atoms with E-state index < -0.39 is 21.9 Å². The molecule has 1 unspecified atom stereocenters. The fourth-order valence-corrected chi connectivity index (χ4v) is 4.94. The van der Waals surface area contributed by atoms with Crippen molar-refractivity contribution >= 4 is 31.9 Å². The minimum atomic E-state index is -3.83. The maximum atomic E-state index is 13.1. The molecule has 0 aliphatic carbocycles. The lowest BCUT2D eigenvalue weighted by atomic mass is 10.2. The topological polar surface area (TPSA) is 66.5 Å². The summed E-state index contributed by atoms with van der Waals surface area (Å²) in [6, 6.07) is 2.68. The zero-order valence-corrected chi connectivity index (χ0v) is 13.2. The lowest BCUT2D eigenvalue weighted by molar-refractivity contribution is -0.123. The molecular formula is C12H14BrFN2O3S. The Morgan fingerprint density at radius 1 is 1.50 bits per heavy atom. The van der Waals surface area contributed by atoms with Crippen LogP contribution < -0.4 is 5.32 Å². The highest BCUT2D eigenvalue weighted by Crippen LogP contribution is 2.30. The molecule has 1 N–H and O–H groups in total. The van der Waals surface area contributed by atoms with Crippen LogP contribution in [0.25, 0.3) is 0 Å². The number of sulfonamides is 1. The summed E-state index contributed by atoms with van der Waals surface area (Å²) < 4.78 is 39.6. The number of nitrogens with one attached hydrogen (secondary N) is 1. The van der Waals surface area contributed by atoms with Crippen LogP contribution in [0.3, 0.4) is 0 Å². The van der Waals surface area contributed by atoms with E-state index in [2.05, 4.69) is 21.2 Å². The summed E-state index contributed by atoms with van der Waals surface area (Å²) in [6.45, 7) is 0.282. The molecule has 20 heavy (non-hydrogen) atoms. The molecule has 0 saturated carbocycles. The van der Waals surface area contributed by atoms with Crippen molar-refractivity contribution in [1.29, 1.82) is 0 Å². The quantitative estimate of drug-likeness (QED) is 0.883. The smallest absolute Gasteiger partial charge is 0.244 e. The molecule has 1 aromatic rings. The maximum Gasteiger partial charge on any atom is 0.244 e. The molecule has 5 nitrogen and oxygen atoms in total. The van der Waals surface area contributed by atoms with E-state index in [1.54, 1.807) is 0 Å². The van der Waals surface area contributed by atoms with E-state index in [-0.39, 0.29) is 21.8 Å². The van der Waals surface area contributed by atoms with Crippen molar-refractivity contribution in [2.45, 2.75) is 23.8 Å². The Labute approximate surface area is 125 Å². The molecule has 0 spiro atoms. The first kappa shape index (κ1) is 15.4. The molecular weight excluding hydrogens is 351 g/mol. The van der Waals surface area contributed by atoms with Gasteiger partial charge < -0.3 is 5.32 Å². The predicted octanol–water partition coefficient (Wildman–Crippen LogP) is 1.49. The SMILES string of the molecule is CNC(=O)C1CCCN1S(=O)(=O)c1ccc(F)cc1Br. The van der Waals surface area contributed by atoms with Gasteiger partial charge in [-0.1, -0.05) is 0 Å². The van der Waals surface area contributed by atoms with Gasteiger partial charge in [-0.05, 0) is 47.0 Å². The van der Waals surface area contributed by atoms with Gasteiger partial charge >= 0.3 is 0 Å². The van der Waals surface area contributed by atoms with E-state index in [0.29, 0.717) is 12.8 Å². The number of amides is 1. The van der Waals surface area contributed by atoms with Crippen molar-refractivity contribution in [3.8, 4) is 0 Å². The van der Waals surface area contributed by atoms with Gasteiger partial charge in [0.1, 0.15) is 11.9 Å². The van der Waals surface area contributed by atoms with Crippen molar-refractivity contribution in [3.63, 3.8) is 0 Å². The number of nitrogens with zero attached hydrogens (tertiary/aromatic N) is 1. The minimum absolute atomic E-state index is 0.0327. The second-order valence-corrected chi connectivity index (χ2v) is 7.18. The number of rotatable bonds is 3. The summed E-state index contributed by atoms with van der Waals surface area (Å²) in [7, 11) is -2.36. The molecule has 1 heterocycles. The van der Waals surface area contributed by atoms with Gasteiger partial charge in [-0.25, -0.2) is 12.8 Å². The molecule has 1 aromatic carbocycles. The Morgan fingerprint density at radius 2 is 2.20 bits per heavy atom. The summed E-state index contributed by atoms with van der Waals surface area (Å²) in [5.41, 5.74) is 0. The normalized spacial score (nSPS) is 20.1. The average Bonchev–Trinajstić information content (AvgIpc) is 2.87. The number of hydrogen-bond acceptors (Lipinski definition) is 3. The van der Waals surface area contributed by atoms with Gasteiger partial charge in [0.05, 0.1) is 4.90 Å². The summed E-state index contributed by atoms with van der Waals surface area (Å²) in [5, 5.41) is 2.47. The van der Waals surface area contributed by atoms with E-state index in [0.717, 1.165) is 12.1 Å². The van der Waals surface area contributed by atoms with Gasteiger partial charge in [-0.2, -0.15) is 4.31 Å². The van der Waals surface area contributed by atoms with Crippen molar-refractivity contribution < 1.29 is 17.6 Å². The van der Waals surface area contributed by atoms with E-state index in [9.17, 15) is 17.6 Å². The predicted molar refractivity (Wildman–Crippen MR) is 75.1 cm³/mol. The number of likely N-dealkylation sites (N-methyl/N-ethyl adjacent to an activating group) is 1. The van der Waals surface area contributed by atoms with Gasteiger partial charge in [0.2, 0.25) is 15.9 Å². The highest BCUT2D eigenvalue weighted by molar-refractivity contribution is 9.10. The Morgan fingerprint density at radius 3 is 2.80 bits per heavy atom. The van der Waals surface area contributed by atoms with Gasteiger partial charge in [-0.15, -0.1) is 0 Å². The van der Waals surface area contributed by atoms with Crippen molar-refractivity contribution in [3.05, 3.63) is 28.5 Å². The monoisotopic (exact) mass is 364 g/mol. The van der Waals surface area contributed by atoms with Crippen LogP contribution in [-0.2, 0) is 14.8 Å². The number of benzene rings is 1.